The minimum absolute atomic E-state index is 0.0551. The van der Waals surface area contributed by atoms with Gasteiger partial charge in [-0.15, -0.1) is 0 Å². The molecule has 1 aromatic rings. The Bertz CT molecular complexity index is 421. The predicted molar refractivity (Wildman–Crippen MR) is 47.1 cm³/mol. The summed E-state index contributed by atoms with van der Waals surface area (Å²) in [6.07, 6.45) is -4.59. The van der Waals surface area contributed by atoms with E-state index >= 15 is 0 Å². The molecule has 0 aromatic heterocycles. The van der Waals surface area contributed by atoms with Gasteiger partial charge in [0.1, 0.15) is 5.75 Å². The monoisotopic (exact) mass is 216 g/mol. The van der Waals surface area contributed by atoms with Crippen LogP contribution in [0.5, 0.6) is 5.75 Å². The predicted octanol–water partition coefficient (Wildman–Crippen LogP) is 2.17. The first kappa shape index (κ1) is 11.2. The summed E-state index contributed by atoms with van der Waals surface area (Å²) in [4.78, 5) is 0. The van der Waals surface area contributed by atoms with Gasteiger partial charge in [-0.05, 0) is 6.07 Å². The first-order chi connectivity index (χ1) is 6.90. The zero-order valence-electron chi connectivity index (χ0n) is 7.72. The van der Waals surface area contributed by atoms with Crippen LogP contribution in [0.4, 0.5) is 18.9 Å². The third-order valence-corrected chi connectivity index (χ3v) is 1.80. The van der Waals surface area contributed by atoms with Gasteiger partial charge in [-0.25, -0.2) is 0 Å². The van der Waals surface area contributed by atoms with Gasteiger partial charge in [0.05, 0.1) is 30.0 Å². The number of benzene rings is 1. The number of nitriles is 1. The average Bonchev–Trinajstić information content (AvgIpc) is 2.16. The Kier molecular flexibility index (Phi) is 2.75. The standard InChI is InChI=1S/C9H7F3N2O/c1-15-8-2-5(4-13)6(3-7(8)14)9(10,11)12/h2-3H,14H2,1H3. The highest BCUT2D eigenvalue weighted by atomic mass is 19.4. The van der Waals surface area contributed by atoms with E-state index in [1.807, 2.05) is 0 Å². The van der Waals surface area contributed by atoms with Crippen molar-refractivity contribution in [3.05, 3.63) is 23.3 Å². The average molecular weight is 216 g/mol. The van der Waals surface area contributed by atoms with Crippen molar-refractivity contribution in [1.82, 2.24) is 0 Å². The minimum atomic E-state index is -4.59. The van der Waals surface area contributed by atoms with E-state index in [9.17, 15) is 13.2 Å². The molecule has 3 nitrogen and oxygen atoms in total. The van der Waals surface area contributed by atoms with Crippen molar-refractivity contribution in [3.63, 3.8) is 0 Å². The molecule has 1 aromatic carbocycles. The molecule has 0 saturated carbocycles. The van der Waals surface area contributed by atoms with Crippen LogP contribution in [-0.4, -0.2) is 7.11 Å². The molecular formula is C9H7F3N2O. The molecule has 0 aliphatic carbocycles. The Morgan fingerprint density at radius 3 is 2.40 bits per heavy atom. The number of nitrogens with zero attached hydrogens (tertiary/aromatic N) is 1. The second kappa shape index (κ2) is 3.69. The van der Waals surface area contributed by atoms with Gasteiger partial charge in [-0.1, -0.05) is 0 Å². The van der Waals surface area contributed by atoms with Crippen molar-refractivity contribution < 1.29 is 17.9 Å². The molecule has 0 heterocycles. The number of alkyl halides is 3. The second-order valence-electron chi connectivity index (χ2n) is 2.75. The van der Waals surface area contributed by atoms with Crippen LogP contribution in [0, 0.1) is 11.3 Å². The van der Waals surface area contributed by atoms with Crippen LogP contribution in [0.1, 0.15) is 11.1 Å². The van der Waals surface area contributed by atoms with Gasteiger partial charge in [0.15, 0.2) is 0 Å². The summed E-state index contributed by atoms with van der Waals surface area (Å²) in [5.41, 5.74) is 3.61. The molecule has 0 atom stereocenters. The first-order valence-corrected chi connectivity index (χ1v) is 3.85. The molecule has 6 heteroatoms. The number of nitrogen functional groups attached to an aromatic ring is 1. The Labute approximate surface area is 83.9 Å². The molecule has 1 rings (SSSR count). The lowest BCUT2D eigenvalue weighted by Gasteiger charge is -2.11. The topological polar surface area (TPSA) is 59.0 Å². The maximum atomic E-state index is 12.4. The molecule has 0 radical (unpaired) electrons. The van der Waals surface area contributed by atoms with E-state index in [0.717, 1.165) is 6.07 Å². The number of ether oxygens (including phenoxy) is 1. The highest BCUT2D eigenvalue weighted by molar-refractivity contribution is 5.60. The summed E-state index contributed by atoms with van der Waals surface area (Å²) in [6, 6.07) is 3.11. The summed E-state index contributed by atoms with van der Waals surface area (Å²) in [5.74, 6) is 0.0551. The van der Waals surface area contributed by atoms with E-state index in [1.165, 1.54) is 13.2 Å². The van der Waals surface area contributed by atoms with E-state index in [4.69, 9.17) is 15.7 Å². The second-order valence-corrected chi connectivity index (χ2v) is 2.75. The summed E-state index contributed by atoms with van der Waals surface area (Å²) >= 11 is 0. The molecule has 0 spiro atoms. The van der Waals surface area contributed by atoms with E-state index in [2.05, 4.69) is 0 Å². The fourth-order valence-corrected chi connectivity index (χ4v) is 1.10. The Hall–Kier alpha value is -1.90. The molecule has 15 heavy (non-hydrogen) atoms. The fraction of sp³-hybridized carbons (Fsp3) is 0.222. The molecule has 0 amide bonds. The minimum Gasteiger partial charge on any atom is -0.495 e. The van der Waals surface area contributed by atoms with Gasteiger partial charge in [-0.3, -0.25) is 0 Å². The zero-order chi connectivity index (χ0) is 11.6. The molecular weight excluding hydrogens is 209 g/mol. The molecule has 0 aliphatic heterocycles. The van der Waals surface area contributed by atoms with Crippen molar-refractivity contribution in [1.29, 1.82) is 5.26 Å². The SMILES string of the molecule is COc1cc(C#N)c(C(F)(F)F)cc1N. The molecule has 2 N–H and O–H groups in total. The van der Waals surface area contributed by atoms with Crippen LogP contribution < -0.4 is 10.5 Å². The van der Waals surface area contributed by atoms with Gasteiger partial charge in [0, 0.05) is 6.07 Å². The van der Waals surface area contributed by atoms with E-state index in [0.29, 0.717) is 6.07 Å². The summed E-state index contributed by atoms with van der Waals surface area (Å²) in [7, 11) is 1.26. The third-order valence-electron chi connectivity index (χ3n) is 1.80. The normalized spacial score (nSPS) is 10.9. The van der Waals surface area contributed by atoms with Crippen LogP contribution >= 0.6 is 0 Å². The quantitative estimate of drug-likeness (QED) is 0.732. The van der Waals surface area contributed by atoms with Crippen molar-refractivity contribution in [2.45, 2.75) is 6.18 Å². The van der Waals surface area contributed by atoms with Gasteiger partial charge in [0.25, 0.3) is 0 Å². The number of rotatable bonds is 1. The van der Waals surface area contributed by atoms with Gasteiger partial charge >= 0.3 is 6.18 Å². The van der Waals surface area contributed by atoms with Crippen LogP contribution in [0.15, 0.2) is 12.1 Å². The molecule has 80 valence electrons. The number of hydrogen-bond donors (Lipinski definition) is 1. The Balaban J connectivity index is 3.43. The lowest BCUT2D eigenvalue weighted by molar-refractivity contribution is -0.137. The summed E-state index contributed by atoms with van der Waals surface area (Å²) in [5, 5.41) is 8.55. The maximum Gasteiger partial charge on any atom is 0.417 e. The third kappa shape index (κ3) is 2.13. The molecule has 0 saturated heterocycles. The number of methoxy groups -OCH3 is 1. The summed E-state index contributed by atoms with van der Waals surface area (Å²) < 4.78 is 41.9. The number of hydrogen-bond acceptors (Lipinski definition) is 3. The lowest BCUT2D eigenvalue weighted by atomic mass is 10.1. The molecule has 0 unspecified atom stereocenters. The van der Waals surface area contributed by atoms with Crippen molar-refractivity contribution in [3.8, 4) is 11.8 Å². The van der Waals surface area contributed by atoms with Crippen LogP contribution in [0.25, 0.3) is 0 Å². The fourth-order valence-electron chi connectivity index (χ4n) is 1.10. The first-order valence-electron chi connectivity index (χ1n) is 3.85. The van der Waals surface area contributed by atoms with Gasteiger partial charge in [0.2, 0.25) is 0 Å². The van der Waals surface area contributed by atoms with Crippen molar-refractivity contribution >= 4 is 5.69 Å². The smallest absolute Gasteiger partial charge is 0.417 e. The highest BCUT2D eigenvalue weighted by Crippen LogP contribution is 2.36. The maximum absolute atomic E-state index is 12.4. The Morgan fingerprint density at radius 1 is 1.40 bits per heavy atom. The molecule has 0 fully saturated rings. The number of halogens is 3. The van der Waals surface area contributed by atoms with Crippen LogP contribution in [0.3, 0.4) is 0 Å². The molecule has 0 aliphatic rings. The largest absolute Gasteiger partial charge is 0.495 e. The number of nitrogens with two attached hydrogens (primary N) is 1. The highest BCUT2D eigenvalue weighted by Gasteiger charge is 2.34. The van der Waals surface area contributed by atoms with Crippen LogP contribution in [-0.2, 0) is 6.18 Å². The van der Waals surface area contributed by atoms with Crippen molar-refractivity contribution in [2.24, 2.45) is 0 Å². The molecule has 0 bridgehead atoms. The zero-order valence-corrected chi connectivity index (χ0v) is 7.72. The van der Waals surface area contributed by atoms with E-state index in [1.54, 1.807) is 0 Å². The van der Waals surface area contributed by atoms with Gasteiger partial charge in [-0.2, -0.15) is 18.4 Å². The van der Waals surface area contributed by atoms with Gasteiger partial charge < -0.3 is 10.5 Å². The summed E-state index contributed by atoms with van der Waals surface area (Å²) in [6.45, 7) is 0. The van der Waals surface area contributed by atoms with Crippen molar-refractivity contribution in [2.75, 3.05) is 12.8 Å². The number of anilines is 1. The lowest BCUT2D eigenvalue weighted by Crippen LogP contribution is -2.09. The van der Waals surface area contributed by atoms with E-state index in [-0.39, 0.29) is 11.4 Å². The van der Waals surface area contributed by atoms with Crippen LogP contribution in [0.2, 0.25) is 0 Å². The van der Waals surface area contributed by atoms with E-state index < -0.39 is 17.3 Å². The Morgan fingerprint density at radius 2 is 2.00 bits per heavy atom.